The number of rotatable bonds is 4. The second-order valence-electron chi connectivity index (χ2n) is 6.29. The molecule has 0 aliphatic carbocycles. The maximum Gasteiger partial charge on any atom is 0.494 e. The van der Waals surface area contributed by atoms with Gasteiger partial charge in [-0.15, -0.1) is 0 Å². The third-order valence-electron chi connectivity index (χ3n) is 4.23. The molecule has 0 amide bonds. The molecule has 0 bridgehead atoms. The molecule has 0 N–H and O–H groups in total. The van der Waals surface area contributed by atoms with Crippen LogP contribution < -0.4 is 10.2 Å². The van der Waals surface area contributed by atoms with E-state index in [1.807, 2.05) is 13.0 Å². The molecule has 3 nitrogen and oxygen atoms in total. The van der Waals surface area contributed by atoms with E-state index in [1.54, 1.807) is 0 Å². The Morgan fingerprint density at radius 2 is 1.60 bits per heavy atom. The summed E-state index contributed by atoms with van der Waals surface area (Å²) in [5.74, 6) is 0.886. The van der Waals surface area contributed by atoms with E-state index < -0.39 is 0 Å². The molecule has 1 fully saturated rings. The van der Waals surface area contributed by atoms with Gasteiger partial charge in [-0.1, -0.05) is 13.0 Å². The number of ether oxygens (including phenoxy) is 1. The first-order chi connectivity index (χ1) is 9.29. The van der Waals surface area contributed by atoms with Crippen molar-refractivity contribution in [3.8, 4) is 5.75 Å². The Kier molecular flexibility index (Phi) is 4.17. The predicted octanol–water partition coefficient (Wildman–Crippen LogP) is 2.95. The fourth-order valence-corrected chi connectivity index (χ4v) is 2.26. The van der Waals surface area contributed by atoms with Gasteiger partial charge < -0.3 is 14.0 Å². The van der Waals surface area contributed by atoms with Gasteiger partial charge in [0.2, 0.25) is 0 Å². The molecule has 1 aromatic carbocycles. The smallest absolute Gasteiger partial charge is 0.494 e. The summed E-state index contributed by atoms with van der Waals surface area (Å²) >= 11 is 0. The molecule has 1 saturated heterocycles. The Morgan fingerprint density at radius 1 is 1.00 bits per heavy atom. The second kappa shape index (κ2) is 5.42. The molecular formula is C16H25BO3. The molecular weight excluding hydrogens is 251 g/mol. The molecule has 0 atom stereocenters. The van der Waals surface area contributed by atoms with Crippen LogP contribution in [0.15, 0.2) is 18.2 Å². The zero-order chi connectivity index (χ0) is 15.0. The Bertz CT molecular complexity index is 467. The van der Waals surface area contributed by atoms with Gasteiger partial charge in [0.1, 0.15) is 5.75 Å². The lowest BCUT2D eigenvalue weighted by Gasteiger charge is -2.32. The van der Waals surface area contributed by atoms with Crippen LogP contribution in [0.5, 0.6) is 5.75 Å². The summed E-state index contributed by atoms with van der Waals surface area (Å²) in [6.45, 7) is 13.1. The zero-order valence-electron chi connectivity index (χ0n) is 13.4. The zero-order valence-corrected chi connectivity index (χ0v) is 13.4. The number of benzene rings is 1. The molecule has 0 radical (unpaired) electrons. The number of aryl methyl sites for hydroxylation is 1. The van der Waals surface area contributed by atoms with Gasteiger partial charge in [-0.2, -0.15) is 0 Å². The maximum absolute atomic E-state index is 6.10. The maximum atomic E-state index is 6.10. The minimum atomic E-state index is -0.328. The van der Waals surface area contributed by atoms with Gasteiger partial charge in [0.05, 0.1) is 17.8 Å². The third-order valence-corrected chi connectivity index (χ3v) is 4.23. The Labute approximate surface area is 122 Å². The Morgan fingerprint density at radius 3 is 2.10 bits per heavy atom. The van der Waals surface area contributed by atoms with Crippen LogP contribution in [-0.2, 0) is 15.7 Å². The highest BCUT2D eigenvalue weighted by molar-refractivity contribution is 6.62. The topological polar surface area (TPSA) is 27.7 Å². The van der Waals surface area contributed by atoms with Crippen molar-refractivity contribution in [3.63, 3.8) is 0 Å². The highest BCUT2D eigenvalue weighted by Crippen LogP contribution is 2.36. The third kappa shape index (κ3) is 2.86. The minimum Gasteiger partial charge on any atom is -0.494 e. The first-order valence-electron chi connectivity index (χ1n) is 7.41. The van der Waals surface area contributed by atoms with E-state index in [0.717, 1.165) is 17.6 Å². The van der Waals surface area contributed by atoms with E-state index in [0.29, 0.717) is 6.61 Å². The molecule has 0 spiro atoms. The Balaban J connectivity index is 2.31. The summed E-state index contributed by atoms with van der Waals surface area (Å²) in [6.07, 6.45) is 0.966. The van der Waals surface area contributed by atoms with Crippen LogP contribution >= 0.6 is 0 Å². The SMILES string of the molecule is CCOc1cc(CC)cc(B2OC(C)(C)C(C)(C)O2)c1. The molecule has 110 valence electrons. The predicted molar refractivity (Wildman–Crippen MR) is 82.7 cm³/mol. The largest absolute Gasteiger partial charge is 0.494 e. The second-order valence-corrected chi connectivity index (χ2v) is 6.29. The van der Waals surface area contributed by atoms with Gasteiger partial charge in [0.15, 0.2) is 0 Å². The van der Waals surface area contributed by atoms with Crippen molar-refractivity contribution in [1.29, 1.82) is 0 Å². The van der Waals surface area contributed by atoms with E-state index in [1.165, 1.54) is 5.56 Å². The highest BCUT2D eigenvalue weighted by Gasteiger charge is 2.51. The lowest BCUT2D eigenvalue weighted by molar-refractivity contribution is 0.00578. The molecule has 0 unspecified atom stereocenters. The summed E-state index contributed by atoms with van der Waals surface area (Å²) in [6, 6.07) is 6.24. The monoisotopic (exact) mass is 276 g/mol. The van der Waals surface area contributed by atoms with Crippen LogP contribution in [0.2, 0.25) is 0 Å². The van der Waals surface area contributed by atoms with E-state index in [2.05, 4.69) is 46.8 Å². The average Bonchev–Trinajstić information content (AvgIpc) is 2.58. The lowest BCUT2D eigenvalue weighted by atomic mass is 9.78. The summed E-state index contributed by atoms with van der Waals surface area (Å²) in [4.78, 5) is 0. The van der Waals surface area contributed by atoms with Gasteiger partial charge in [-0.05, 0) is 64.2 Å². The van der Waals surface area contributed by atoms with Crippen molar-refractivity contribution < 1.29 is 14.0 Å². The first-order valence-corrected chi connectivity index (χ1v) is 7.41. The van der Waals surface area contributed by atoms with Gasteiger partial charge >= 0.3 is 7.12 Å². The summed E-state index contributed by atoms with van der Waals surface area (Å²) < 4.78 is 17.9. The molecule has 1 aliphatic heterocycles. The quantitative estimate of drug-likeness (QED) is 0.791. The first kappa shape index (κ1) is 15.4. The van der Waals surface area contributed by atoms with Crippen molar-refractivity contribution in [3.05, 3.63) is 23.8 Å². The molecule has 0 aromatic heterocycles. The van der Waals surface area contributed by atoms with Crippen LogP contribution in [0.3, 0.4) is 0 Å². The van der Waals surface area contributed by atoms with Gasteiger partial charge in [0, 0.05) is 0 Å². The average molecular weight is 276 g/mol. The van der Waals surface area contributed by atoms with Crippen molar-refractivity contribution in [2.75, 3.05) is 6.61 Å². The van der Waals surface area contributed by atoms with Crippen LogP contribution in [0, 0.1) is 0 Å². The number of hydrogen-bond donors (Lipinski definition) is 0. The van der Waals surface area contributed by atoms with E-state index in [9.17, 15) is 0 Å². The minimum absolute atomic E-state index is 0.314. The normalized spacial score (nSPS) is 20.2. The van der Waals surface area contributed by atoms with E-state index >= 15 is 0 Å². The molecule has 20 heavy (non-hydrogen) atoms. The molecule has 1 aromatic rings. The molecule has 1 aliphatic rings. The highest BCUT2D eigenvalue weighted by atomic mass is 16.7. The van der Waals surface area contributed by atoms with Crippen LogP contribution in [0.25, 0.3) is 0 Å². The van der Waals surface area contributed by atoms with E-state index in [-0.39, 0.29) is 18.3 Å². The van der Waals surface area contributed by atoms with Crippen molar-refractivity contribution in [2.45, 2.75) is 59.2 Å². The van der Waals surface area contributed by atoms with Gasteiger partial charge in [0.25, 0.3) is 0 Å². The van der Waals surface area contributed by atoms with Crippen LogP contribution in [-0.4, -0.2) is 24.9 Å². The van der Waals surface area contributed by atoms with E-state index in [4.69, 9.17) is 14.0 Å². The standard InChI is InChI=1S/C16H25BO3/c1-7-12-9-13(11-14(10-12)18-8-2)17-19-15(3,4)16(5,6)20-17/h9-11H,7-8H2,1-6H3. The van der Waals surface area contributed by atoms with Crippen molar-refractivity contribution >= 4 is 12.6 Å². The summed E-state index contributed by atoms with van der Waals surface area (Å²) in [5.41, 5.74) is 1.64. The van der Waals surface area contributed by atoms with Gasteiger partial charge in [-0.3, -0.25) is 0 Å². The van der Waals surface area contributed by atoms with Crippen LogP contribution in [0.4, 0.5) is 0 Å². The number of hydrogen-bond acceptors (Lipinski definition) is 3. The molecule has 4 heteroatoms. The summed E-state index contributed by atoms with van der Waals surface area (Å²) in [5, 5.41) is 0. The van der Waals surface area contributed by atoms with Crippen LogP contribution in [0.1, 0.15) is 47.1 Å². The lowest BCUT2D eigenvalue weighted by Crippen LogP contribution is -2.41. The van der Waals surface area contributed by atoms with Crippen molar-refractivity contribution in [1.82, 2.24) is 0 Å². The molecule has 2 rings (SSSR count). The fraction of sp³-hybridized carbons (Fsp3) is 0.625. The summed E-state index contributed by atoms with van der Waals surface area (Å²) in [7, 11) is -0.328. The molecule has 0 saturated carbocycles. The molecule has 1 heterocycles. The Hall–Kier alpha value is -0.995. The van der Waals surface area contributed by atoms with Gasteiger partial charge in [-0.25, -0.2) is 0 Å². The van der Waals surface area contributed by atoms with Crippen molar-refractivity contribution in [2.24, 2.45) is 0 Å². The fourth-order valence-electron chi connectivity index (χ4n) is 2.26.